The lowest BCUT2D eigenvalue weighted by molar-refractivity contribution is -0.142. The molecule has 8 aromatic carbocycles. The smallest absolute Gasteiger partial charge is 0.309 e. The number of hydrogen-bond donors (Lipinski definition) is 0. The van der Waals surface area contributed by atoms with Crippen molar-refractivity contribution >= 4 is 43.6 Å². The molecule has 0 aliphatic heterocycles. The Hall–Kier alpha value is -7.57. The van der Waals surface area contributed by atoms with Gasteiger partial charge in [0.15, 0.2) is 0 Å². The van der Waals surface area contributed by atoms with Gasteiger partial charge in [0.25, 0.3) is 0 Å². The normalized spacial score (nSPS) is 12.2. The highest BCUT2D eigenvalue weighted by Gasteiger charge is 2.39. The van der Waals surface area contributed by atoms with Gasteiger partial charge in [-0.2, -0.15) is 31.6 Å². The molecule has 0 aliphatic carbocycles. The minimum absolute atomic E-state index is 0.00927. The number of halogens is 6. The SMILES string of the molecule is Cc1ccccc1-c1ccc2c3ccccc3n(-c3cc(-c4ccc(C(F)(F)F)cc4C(F)(F)F)c(-n4c5ccccc5c5ccc(-c6ccccc6C)cc54)cc3C#N)c2c1. The molecular weight excluding hydrogens is 793 g/mol. The van der Waals surface area contributed by atoms with Crippen molar-refractivity contribution in [2.75, 3.05) is 0 Å². The Kier molecular flexibility index (Phi) is 8.89. The molecular formula is C53H33F6N3. The largest absolute Gasteiger partial charge is 0.417 e. The standard InChI is InChI=1S/C53H33F6N3/c1-31-11-3-5-13-37(31)33-19-22-42-40-15-7-9-17-46(40)61(49(42)25-33)48-29-44(39-24-21-36(52(54,55)56)28-45(39)53(57,58)59)51(27-35(48)30-60)62-47-18-10-8-16-41(47)43-23-20-34(26-50(43)62)38-14-6-4-12-32(38)2/h3-29H,1-2H3. The van der Waals surface area contributed by atoms with E-state index in [4.69, 9.17) is 0 Å². The molecule has 2 heterocycles. The molecule has 9 heteroatoms. The second kappa shape index (κ2) is 14.3. The molecule has 2 aromatic heterocycles. The Bertz CT molecular complexity index is 3490. The van der Waals surface area contributed by atoms with Gasteiger partial charge in [-0.1, -0.05) is 115 Å². The highest BCUT2D eigenvalue weighted by atomic mass is 19.4. The molecule has 10 rings (SSSR count). The molecule has 0 aliphatic rings. The molecule has 3 nitrogen and oxygen atoms in total. The first-order valence-corrected chi connectivity index (χ1v) is 19.9. The van der Waals surface area contributed by atoms with Gasteiger partial charge in [-0.15, -0.1) is 0 Å². The lowest BCUT2D eigenvalue weighted by Crippen LogP contribution is -2.13. The van der Waals surface area contributed by atoms with Crippen molar-refractivity contribution in [3.05, 3.63) is 192 Å². The summed E-state index contributed by atoms with van der Waals surface area (Å²) in [6, 6.07) is 50.0. The fourth-order valence-electron chi connectivity index (χ4n) is 9.03. The molecule has 0 fully saturated rings. The number of alkyl halides is 6. The molecule has 0 unspecified atom stereocenters. The topological polar surface area (TPSA) is 33.6 Å². The zero-order valence-corrected chi connectivity index (χ0v) is 33.2. The highest BCUT2D eigenvalue weighted by molar-refractivity contribution is 6.12. The Morgan fingerprint density at radius 3 is 1.40 bits per heavy atom. The van der Waals surface area contributed by atoms with Crippen LogP contribution in [0.5, 0.6) is 0 Å². The average molecular weight is 826 g/mol. The quantitative estimate of drug-likeness (QED) is 0.159. The molecule has 62 heavy (non-hydrogen) atoms. The maximum atomic E-state index is 15.3. The van der Waals surface area contributed by atoms with Crippen LogP contribution in [0.2, 0.25) is 0 Å². The molecule has 0 N–H and O–H groups in total. The van der Waals surface area contributed by atoms with E-state index >= 15 is 13.2 Å². The lowest BCUT2D eigenvalue weighted by atomic mass is 9.93. The van der Waals surface area contributed by atoms with Crippen molar-refractivity contribution in [1.29, 1.82) is 5.26 Å². The zero-order chi connectivity index (χ0) is 43.1. The van der Waals surface area contributed by atoms with Gasteiger partial charge >= 0.3 is 12.4 Å². The summed E-state index contributed by atoms with van der Waals surface area (Å²) in [5.41, 5.74) is 5.71. The van der Waals surface area contributed by atoms with E-state index in [0.717, 1.165) is 61.0 Å². The molecule has 10 aromatic rings. The van der Waals surface area contributed by atoms with Crippen LogP contribution in [0, 0.1) is 25.2 Å². The summed E-state index contributed by atoms with van der Waals surface area (Å²) in [4.78, 5) is 0. The van der Waals surface area contributed by atoms with Crippen molar-refractivity contribution in [2.45, 2.75) is 26.2 Å². The molecule has 302 valence electrons. The number of aryl methyl sites for hydroxylation is 2. The van der Waals surface area contributed by atoms with Crippen LogP contribution in [-0.2, 0) is 12.4 Å². The Balaban J connectivity index is 1.36. The summed E-state index contributed by atoms with van der Waals surface area (Å²) in [7, 11) is 0. The van der Waals surface area contributed by atoms with Crippen LogP contribution >= 0.6 is 0 Å². The number of aromatic nitrogens is 2. The number of rotatable bonds is 5. The Morgan fingerprint density at radius 1 is 0.419 bits per heavy atom. The summed E-state index contributed by atoms with van der Waals surface area (Å²) in [5.74, 6) is 0. The number of nitrogens with zero attached hydrogens (tertiary/aromatic N) is 3. The minimum Gasteiger partial charge on any atom is -0.309 e. The van der Waals surface area contributed by atoms with Gasteiger partial charge in [0.05, 0.1) is 50.1 Å². The van der Waals surface area contributed by atoms with Crippen LogP contribution in [-0.4, -0.2) is 9.13 Å². The van der Waals surface area contributed by atoms with E-state index in [1.54, 1.807) is 6.07 Å². The fourth-order valence-corrected chi connectivity index (χ4v) is 9.03. The Morgan fingerprint density at radius 2 is 0.903 bits per heavy atom. The average Bonchev–Trinajstić information content (AvgIpc) is 3.77. The van der Waals surface area contributed by atoms with E-state index in [2.05, 4.69) is 6.07 Å². The molecule has 0 radical (unpaired) electrons. The fraction of sp³-hybridized carbons (Fsp3) is 0.0755. The van der Waals surface area contributed by atoms with Gasteiger partial charge in [-0.3, -0.25) is 0 Å². The van der Waals surface area contributed by atoms with Crippen LogP contribution in [0.15, 0.2) is 164 Å². The maximum absolute atomic E-state index is 15.3. The highest BCUT2D eigenvalue weighted by Crippen LogP contribution is 2.47. The first-order chi connectivity index (χ1) is 29.8. The minimum atomic E-state index is -5.18. The van der Waals surface area contributed by atoms with Crippen LogP contribution in [0.1, 0.15) is 27.8 Å². The molecule has 0 saturated heterocycles. The molecule has 0 amide bonds. The number of hydrogen-bond acceptors (Lipinski definition) is 1. The third-order valence-electron chi connectivity index (χ3n) is 11.9. The third kappa shape index (κ3) is 6.21. The van der Waals surface area contributed by atoms with Gasteiger partial charge in [-0.05, 0) is 101 Å². The molecule has 0 saturated carbocycles. The van der Waals surface area contributed by atoms with Crippen LogP contribution in [0.3, 0.4) is 0 Å². The number of para-hydroxylation sites is 2. The first kappa shape index (κ1) is 38.6. The summed E-state index contributed by atoms with van der Waals surface area (Å²) >= 11 is 0. The van der Waals surface area contributed by atoms with E-state index in [1.165, 1.54) is 6.07 Å². The van der Waals surface area contributed by atoms with Crippen LogP contribution in [0.25, 0.3) is 88.4 Å². The molecule has 0 spiro atoms. The van der Waals surface area contributed by atoms with Gasteiger partial charge < -0.3 is 9.13 Å². The third-order valence-corrected chi connectivity index (χ3v) is 11.9. The van der Waals surface area contributed by atoms with E-state index in [1.807, 2.05) is 156 Å². The summed E-state index contributed by atoms with van der Waals surface area (Å²) in [6.07, 6.45) is -10.2. The number of fused-ring (bicyclic) bond motifs is 6. The van der Waals surface area contributed by atoms with Crippen molar-refractivity contribution < 1.29 is 26.3 Å². The van der Waals surface area contributed by atoms with E-state index < -0.39 is 29.0 Å². The second-order valence-electron chi connectivity index (χ2n) is 15.6. The zero-order valence-electron chi connectivity index (χ0n) is 33.2. The summed E-state index contributed by atoms with van der Waals surface area (Å²) in [5, 5.41) is 14.4. The van der Waals surface area contributed by atoms with Crippen molar-refractivity contribution in [3.63, 3.8) is 0 Å². The second-order valence-corrected chi connectivity index (χ2v) is 15.6. The monoisotopic (exact) mass is 825 g/mol. The van der Waals surface area contributed by atoms with E-state index in [0.29, 0.717) is 28.1 Å². The predicted octanol–water partition coefficient (Wildman–Crippen LogP) is 15.4. The maximum Gasteiger partial charge on any atom is 0.417 e. The summed E-state index contributed by atoms with van der Waals surface area (Å²) in [6.45, 7) is 4.00. The molecule has 0 atom stereocenters. The van der Waals surface area contributed by atoms with Gasteiger partial charge in [0.1, 0.15) is 6.07 Å². The van der Waals surface area contributed by atoms with Gasteiger partial charge in [0.2, 0.25) is 0 Å². The molecule has 0 bridgehead atoms. The lowest BCUT2D eigenvalue weighted by Gasteiger charge is -2.22. The van der Waals surface area contributed by atoms with Crippen molar-refractivity contribution in [1.82, 2.24) is 9.13 Å². The van der Waals surface area contributed by atoms with Crippen LogP contribution in [0.4, 0.5) is 26.3 Å². The van der Waals surface area contributed by atoms with E-state index in [9.17, 15) is 18.4 Å². The van der Waals surface area contributed by atoms with Crippen molar-refractivity contribution in [2.24, 2.45) is 0 Å². The summed E-state index contributed by atoms with van der Waals surface area (Å²) < 4.78 is 92.1. The predicted molar refractivity (Wildman–Crippen MR) is 236 cm³/mol. The van der Waals surface area contributed by atoms with Crippen molar-refractivity contribution in [3.8, 4) is 50.8 Å². The number of benzene rings is 8. The number of nitriles is 1. The van der Waals surface area contributed by atoms with Crippen LogP contribution < -0.4 is 0 Å². The van der Waals surface area contributed by atoms with Gasteiger partial charge in [-0.25, -0.2) is 0 Å². The van der Waals surface area contributed by atoms with Gasteiger partial charge in [0, 0.05) is 27.1 Å². The Labute approximate surface area is 351 Å². The first-order valence-electron chi connectivity index (χ1n) is 19.9. The van der Waals surface area contributed by atoms with E-state index in [-0.39, 0.29) is 28.6 Å².